The molecule has 0 aromatic carbocycles. The van der Waals surface area contributed by atoms with E-state index in [1.807, 2.05) is 0 Å². The van der Waals surface area contributed by atoms with E-state index in [2.05, 4.69) is 16.0 Å². The number of hydrogen-bond donors (Lipinski definition) is 4. The van der Waals surface area contributed by atoms with Crippen LogP contribution in [0.3, 0.4) is 0 Å². The molecular weight excluding hydrogens is 358 g/mol. The number of urea groups is 1. The lowest BCUT2D eigenvalue weighted by Crippen LogP contribution is -2.61. The molecule has 156 valence electrons. The summed E-state index contributed by atoms with van der Waals surface area (Å²) in [4.78, 5) is 35.9. The lowest BCUT2D eigenvalue weighted by molar-refractivity contribution is -0.139. The van der Waals surface area contributed by atoms with E-state index in [1.165, 1.54) is 19.3 Å². The first-order valence-electron chi connectivity index (χ1n) is 10.9. The second-order valence-electron chi connectivity index (χ2n) is 9.93. The van der Waals surface area contributed by atoms with E-state index >= 15 is 0 Å². The summed E-state index contributed by atoms with van der Waals surface area (Å²) in [5.41, 5.74) is -0.638. The summed E-state index contributed by atoms with van der Waals surface area (Å²) in [6.45, 7) is 0.271. The first-order valence-corrected chi connectivity index (χ1v) is 10.9. The monoisotopic (exact) mass is 391 g/mol. The van der Waals surface area contributed by atoms with Gasteiger partial charge in [-0.3, -0.25) is 9.59 Å². The zero-order chi connectivity index (χ0) is 19.8. The number of hydrogen-bond acceptors (Lipinski definition) is 3. The number of carboxylic acids is 1. The van der Waals surface area contributed by atoms with Gasteiger partial charge in [-0.05, 0) is 69.1 Å². The number of rotatable bonds is 7. The fourth-order valence-corrected chi connectivity index (χ4v) is 6.88. The van der Waals surface area contributed by atoms with Crippen LogP contribution in [0.4, 0.5) is 4.79 Å². The molecule has 5 aliphatic rings. The van der Waals surface area contributed by atoms with Crippen molar-refractivity contribution in [2.75, 3.05) is 6.54 Å². The standard InChI is InChI=1S/C21H33N3O4/c25-17(23-20(13-18(26)27)4-1-2-5-20)3-6-22-19(28)24-21-10-14-7-15(11-21)9-16(8-14)12-21/h14-16H,1-13H2,(H,23,25)(H,26,27)(H2,22,24,28). The van der Waals surface area contributed by atoms with Crippen LogP contribution in [0.25, 0.3) is 0 Å². The van der Waals surface area contributed by atoms with Gasteiger partial charge in [0.1, 0.15) is 0 Å². The number of nitrogens with one attached hydrogen (secondary N) is 3. The molecule has 5 fully saturated rings. The van der Waals surface area contributed by atoms with Crippen molar-refractivity contribution in [2.24, 2.45) is 17.8 Å². The van der Waals surface area contributed by atoms with Crippen LogP contribution in [0.5, 0.6) is 0 Å². The molecule has 0 saturated heterocycles. The summed E-state index contributed by atoms with van der Waals surface area (Å²) in [5.74, 6) is 1.26. The summed E-state index contributed by atoms with van der Waals surface area (Å²) >= 11 is 0. The van der Waals surface area contributed by atoms with Gasteiger partial charge >= 0.3 is 12.0 Å². The van der Waals surface area contributed by atoms with E-state index in [0.29, 0.717) is 12.8 Å². The van der Waals surface area contributed by atoms with Crippen molar-refractivity contribution in [1.82, 2.24) is 16.0 Å². The Kier molecular flexibility index (Phi) is 5.27. The van der Waals surface area contributed by atoms with E-state index in [4.69, 9.17) is 5.11 Å². The molecule has 28 heavy (non-hydrogen) atoms. The van der Waals surface area contributed by atoms with Crippen LogP contribution < -0.4 is 16.0 Å². The molecule has 5 rings (SSSR count). The van der Waals surface area contributed by atoms with E-state index < -0.39 is 11.5 Å². The molecule has 0 atom stereocenters. The van der Waals surface area contributed by atoms with Gasteiger partial charge in [-0.1, -0.05) is 12.8 Å². The quantitative estimate of drug-likeness (QED) is 0.535. The molecule has 7 heteroatoms. The molecule has 0 aromatic heterocycles. The van der Waals surface area contributed by atoms with Gasteiger partial charge in [-0.15, -0.1) is 0 Å². The number of carbonyl (C=O) groups excluding carboxylic acids is 2. The first-order chi connectivity index (χ1) is 13.4. The zero-order valence-corrected chi connectivity index (χ0v) is 16.6. The fraction of sp³-hybridized carbons (Fsp3) is 0.857. The van der Waals surface area contributed by atoms with Crippen LogP contribution in [0, 0.1) is 17.8 Å². The minimum absolute atomic E-state index is 0.0291. The largest absolute Gasteiger partial charge is 0.481 e. The Bertz CT molecular complexity index is 606. The highest BCUT2D eigenvalue weighted by Crippen LogP contribution is 2.55. The zero-order valence-electron chi connectivity index (χ0n) is 16.6. The Balaban J connectivity index is 1.21. The summed E-state index contributed by atoms with van der Waals surface area (Å²) in [7, 11) is 0. The van der Waals surface area contributed by atoms with Crippen LogP contribution in [-0.2, 0) is 9.59 Å². The van der Waals surface area contributed by atoms with Crippen molar-refractivity contribution in [2.45, 2.75) is 88.1 Å². The van der Waals surface area contributed by atoms with Gasteiger partial charge in [0.25, 0.3) is 0 Å². The van der Waals surface area contributed by atoms with E-state index in [-0.39, 0.29) is 36.9 Å². The highest BCUT2D eigenvalue weighted by Gasteiger charge is 2.51. The second kappa shape index (κ2) is 7.56. The molecule has 7 nitrogen and oxygen atoms in total. The van der Waals surface area contributed by atoms with Gasteiger partial charge in [0.2, 0.25) is 5.91 Å². The summed E-state index contributed by atoms with van der Waals surface area (Å²) in [5, 5.41) is 18.2. The minimum Gasteiger partial charge on any atom is -0.481 e. The SMILES string of the molecule is O=C(O)CC1(NC(=O)CCNC(=O)NC23CC4CC(CC(C4)C2)C3)CCCC1. The maximum absolute atomic E-state index is 12.4. The number of carboxylic acid groups (broad SMARTS) is 1. The smallest absolute Gasteiger partial charge is 0.315 e. The maximum atomic E-state index is 12.4. The topological polar surface area (TPSA) is 108 Å². The first kappa shape index (κ1) is 19.5. The predicted molar refractivity (Wildman–Crippen MR) is 104 cm³/mol. The molecule has 4 bridgehead atoms. The highest BCUT2D eigenvalue weighted by molar-refractivity contribution is 5.80. The third-order valence-corrected chi connectivity index (χ3v) is 7.51. The Morgan fingerprint density at radius 3 is 2.00 bits per heavy atom. The predicted octanol–water partition coefficient (Wildman–Crippen LogP) is 2.55. The molecule has 0 aliphatic heterocycles. The molecule has 5 saturated carbocycles. The summed E-state index contributed by atoms with van der Waals surface area (Å²) in [6, 6.07) is -0.170. The number of carbonyl (C=O) groups is 3. The summed E-state index contributed by atoms with van der Waals surface area (Å²) in [6.07, 6.45) is 10.8. The highest BCUT2D eigenvalue weighted by atomic mass is 16.4. The molecule has 0 unspecified atom stereocenters. The van der Waals surface area contributed by atoms with Gasteiger partial charge in [0, 0.05) is 18.5 Å². The van der Waals surface area contributed by atoms with Gasteiger partial charge in [0.05, 0.1) is 12.0 Å². The van der Waals surface area contributed by atoms with Crippen LogP contribution in [0.15, 0.2) is 0 Å². The molecule has 0 spiro atoms. The Morgan fingerprint density at radius 2 is 1.46 bits per heavy atom. The lowest BCUT2D eigenvalue weighted by Gasteiger charge is -2.56. The molecule has 0 heterocycles. The molecule has 0 radical (unpaired) electrons. The van der Waals surface area contributed by atoms with Gasteiger partial charge < -0.3 is 21.1 Å². The van der Waals surface area contributed by atoms with E-state index in [0.717, 1.165) is 49.9 Å². The number of amides is 3. The van der Waals surface area contributed by atoms with E-state index in [9.17, 15) is 14.4 Å². The number of aliphatic carboxylic acids is 1. The maximum Gasteiger partial charge on any atom is 0.315 e. The Hall–Kier alpha value is -1.79. The van der Waals surface area contributed by atoms with Crippen molar-refractivity contribution in [3.8, 4) is 0 Å². The van der Waals surface area contributed by atoms with Crippen LogP contribution >= 0.6 is 0 Å². The van der Waals surface area contributed by atoms with Crippen LogP contribution in [-0.4, -0.2) is 40.6 Å². The van der Waals surface area contributed by atoms with E-state index in [1.54, 1.807) is 0 Å². The Morgan fingerprint density at radius 1 is 0.893 bits per heavy atom. The normalized spacial score (nSPS) is 34.8. The van der Waals surface area contributed by atoms with Crippen LogP contribution in [0.2, 0.25) is 0 Å². The van der Waals surface area contributed by atoms with Crippen molar-refractivity contribution in [1.29, 1.82) is 0 Å². The molecule has 0 aromatic rings. The van der Waals surface area contributed by atoms with Gasteiger partial charge in [0.15, 0.2) is 0 Å². The van der Waals surface area contributed by atoms with Crippen molar-refractivity contribution < 1.29 is 19.5 Å². The molecule has 3 amide bonds. The lowest BCUT2D eigenvalue weighted by atomic mass is 9.53. The van der Waals surface area contributed by atoms with Crippen molar-refractivity contribution in [3.05, 3.63) is 0 Å². The van der Waals surface area contributed by atoms with Gasteiger partial charge in [-0.2, -0.15) is 0 Å². The fourth-order valence-electron chi connectivity index (χ4n) is 6.88. The molecular formula is C21H33N3O4. The average molecular weight is 392 g/mol. The summed E-state index contributed by atoms with van der Waals surface area (Å²) < 4.78 is 0. The minimum atomic E-state index is -0.879. The average Bonchev–Trinajstić information content (AvgIpc) is 2.99. The molecule has 5 aliphatic carbocycles. The second-order valence-corrected chi connectivity index (χ2v) is 9.93. The third-order valence-electron chi connectivity index (χ3n) is 7.51. The van der Waals surface area contributed by atoms with Crippen LogP contribution in [0.1, 0.15) is 77.0 Å². The molecule has 4 N–H and O–H groups in total. The third kappa shape index (κ3) is 4.28. The van der Waals surface area contributed by atoms with Crippen molar-refractivity contribution in [3.63, 3.8) is 0 Å². The van der Waals surface area contributed by atoms with Crippen molar-refractivity contribution >= 4 is 17.9 Å². The van der Waals surface area contributed by atoms with Gasteiger partial charge in [-0.25, -0.2) is 4.79 Å². The Labute approximate surface area is 166 Å².